The SMILES string of the molecule is N#Cc1n[nH]nc1-c1nc(-c2cncc(C(F)(F)F)c2)oc1C1CCC1. The Hall–Kier alpha value is -3.22. The summed E-state index contributed by atoms with van der Waals surface area (Å²) < 4.78 is 44.6. The maximum absolute atomic E-state index is 12.9. The molecule has 0 spiro atoms. The van der Waals surface area contributed by atoms with E-state index in [1.807, 2.05) is 6.07 Å². The van der Waals surface area contributed by atoms with E-state index in [-0.39, 0.29) is 28.8 Å². The van der Waals surface area contributed by atoms with Crippen LogP contribution in [0.4, 0.5) is 13.2 Å². The van der Waals surface area contributed by atoms with Crippen molar-refractivity contribution in [3.63, 3.8) is 0 Å². The predicted octanol–water partition coefficient (Wildman–Crippen LogP) is 3.68. The summed E-state index contributed by atoms with van der Waals surface area (Å²) in [6, 6.07) is 2.84. The summed E-state index contributed by atoms with van der Waals surface area (Å²) in [5, 5.41) is 19.2. The molecule has 0 aliphatic heterocycles. The van der Waals surface area contributed by atoms with Crippen molar-refractivity contribution in [2.45, 2.75) is 31.4 Å². The summed E-state index contributed by atoms with van der Waals surface area (Å²) in [5.74, 6) is 0.606. The van der Waals surface area contributed by atoms with Gasteiger partial charge in [0.05, 0.1) is 11.1 Å². The summed E-state index contributed by atoms with van der Waals surface area (Å²) >= 11 is 0. The lowest BCUT2D eigenvalue weighted by Crippen LogP contribution is -2.09. The maximum atomic E-state index is 12.9. The van der Waals surface area contributed by atoms with E-state index in [4.69, 9.17) is 9.68 Å². The quantitative estimate of drug-likeness (QED) is 0.764. The molecular formula is C16H11F3N6O. The number of nitrogens with zero attached hydrogens (tertiary/aromatic N) is 5. The lowest BCUT2D eigenvalue weighted by molar-refractivity contribution is -0.137. The number of nitrogens with one attached hydrogen (secondary N) is 1. The van der Waals surface area contributed by atoms with Crippen molar-refractivity contribution in [1.29, 1.82) is 5.26 Å². The minimum atomic E-state index is -4.52. The molecule has 0 bridgehead atoms. The van der Waals surface area contributed by atoms with E-state index >= 15 is 0 Å². The minimum absolute atomic E-state index is 0.00684. The Morgan fingerprint density at radius 2 is 2.00 bits per heavy atom. The third-order valence-electron chi connectivity index (χ3n) is 4.32. The summed E-state index contributed by atoms with van der Waals surface area (Å²) in [5.41, 5.74) is -0.183. The van der Waals surface area contributed by atoms with E-state index in [0.29, 0.717) is 11.5 Å². The number of hydrogen-bond acceptors (Lipinski definition) is 6. The molecule has 0 unspecified atom stereocenters. The van der Waals surface area contributed by atoms with Gasteiger partial charge in [0, 0.05) is 18.3 Å². The van der Waals surface area contributed by atoms with Crippen molar-refractivity contribution in [2.75, 3.05) is 0 Å². The van der Waals surface area contributed by atoms with Gasteiger partial charge in [0.25, 0.3) is 0 Å². The average molecular weight is 360 g/mol. The van der Waals surface area contributed by atoms with Crippen molar-refractivity contribution in [2.24, 2.45) is 0 Å². The van der Waals surface area contributed by atoms with E-state index in [1.54, 1.807) is 0 Å². The number of nitriles is 1. The zero-order valence-electron chi connectivity index (χ0n) is 13.2. The molecule has 1 saturated carbocycles. The second-order valence-electron chi connectivity index (χ2n) is 5.95. The number of aromatic amines is 1. The van der Waals surface area contributed by atoms with Gasteiger partial charge in [0.1, 0.15) is 17.5 Å². The molecular weight excluding hydrogens is 349 g/mol. The van der Waals surface area contributed by atoms with Crippen LogP contribution in [0.3, 0.4) is 0 Å². The third-order valence-corrected chi connectivity index (χ3v) is 4.32. The maximum Gasteiger partial charge on any atom is 0.417 e. The van der Waals surface area contributed by atoms with Crippen molar-refractivity contribution in [1.82, 2.24) is 25.4 Å². The number of pyridine rings is 1. The van der Waals surface area contributed by atoms with Crippen LogP contribution in [0.1, 0.15) is 42.2 Å². The first kappa shape index (κ1) is 16.3. The Bertz CT molecular complexity index is 996. The molecule has 26 heavy (non-hydrogen) atoms. The first-order chi connectivity index (χ1) is 12.5. The van der Waals surface area contributed by atoms with Gasteiger partial charge < -0.3 is 4.42 Å². The molecule has 1 fully saturated rings. The second-order valence-corrected chi connectivity index (χ2v) is 5.95. The molecule has 0 saturated heterocycles. The minimum Gasteiger partial charge on any atom is -0.440 e. The highest BCUT2D eigenvalue weighted by Gasteiger charge is 2.33. The van der Waals surface area contributed by atoms with Crippen molar-refractivity contribution in [3.8, 4) is 28.9 Å². The highest BCUT2D eigenvalue weighted by molar-refractivity contribution is 5.66. The molecule has 1 aliphatic carbocycles. The lowest BCUT2D eigenvalue weighted by atomic mass is 9.82. The molecule has 132 valence electrons. The van der Waals surface area contributed by atoms with E-state index in [2.05, 4.69) is 25.4 Å². The van der Waals surface area contributed by atoms with Gasteiger partial charge in [-0.15, -0.1) is 5.10 Å². The van der Waals surface area contributed by atoms with Crippen LogP contribution in [-0.4, -0.2) is 25.4 Å². The second kappa shape index (κ2) is 5.94. The standard InChI is InChI=1S/C16H11F3N6O/c17-16(18,19)10-4-9(6-21-7-10)15-22-13(12-11(5-20)23-25-24-12)14(26-15)8-2-1-3-8/h4,6-8H,1-3H2,(H,23,24,25). The molecule has 0 amide bonds. The van der Waals surface area contributed by atoms with Gasteiger partial charge in [-0.05, 0) is 18.9 Å². The molecule has 3 aromatic rings. The predicted molar refractivity (Wildman–Crippen MR) is 81.4 cm³/mol. The van der Waals surface area contributed by atoms with Crippen LogP contribution in [0.2, 0.25) is 0 Å². The number of halogens is 3. The zero-order valence-corrected chi connectivity index (χ0v) is 13.2. The number of aromatic nitrogens is 5. The highest BCUT2D eigenvalue weighted by Crippen LogP contribution is 2.43. The van der Waals surface area contributed by atoms with Crippen LogP contribution in [0, 0.1) is 11.3 Å². The number of hydrogen-bond donors (Lipinski definition) is 1. The van der Waals surface area contributed by atoms with Gasteiger partial charge in [-0.25, -0.2) is 4.98 Å². The summed E-state index contributed by atoms with van der Waals surface area (Å²) in [6.07, 6.45) is 0.254. The molecule has 1 aliphatic rings. The van der Waals surface area contributed by atoms with Gasteiger partial charge in [0.2, 0.25) is 5.89 Å². The van der Waals surface area contributed by atoms with Gasteiger partial charge in [-0.1, -0.05) is 6.42 Å². The molecule has 3 aromatic heterocycles. The molecule has 7 nitrogen and oxygen atoms in total. The Kier molecular flexibility index (Phi) is 3.72. The molecule has 0 atom stereocenters. The third kappa shape index (κ3) is 2.71. The monoisotopic (exact) mass is 360 g/mol. The van der Waals surface area contributed by atoms with Gasteiger partial charge in [0.15, 0.2) is 11.4 Å². The van der Waals surface area contributed by atoms with E-state index in [0.717, 1.165) is 31.5 Å². The van der Waals surface area contributed by atoms with Crippen molar-refractivity contribution >= 4 is 0 Å². The van der Waals surface area contributed by atoms with Gasteiger partial charge in [-0.3, -0.25) is 4.98 Å². The summed E-state index contributed by atoms with van der Waals surface area (Å²) in [6.45, 7) is 0. The Morgan fingerprint density at radius 3 is 2.65 bits per heavy atom. The van der Waals surface area contributed by atoms with Crippen molar-refractivity contribution < 1.29 is 17.6 Å². The zero-order chi connectivity index (χ0) is 18.3. The Balaban J connectivity index is 1.83. The number of alkyl halides is 3. The lowest BCUT2D eigenvalue weighted by Gasteiger charge is -2.23. The van der Waals surface area contributed by atoms with E-state index in [9.17, 15) is 13.2 Å². The number of rotatable bonds is 3. The fraction of sp³-hybridized carbons (Fsp3) is 0.312. The largest absolute Gasteiger partial charge is 0.440 e. The Labute approximate surface area is 144 Å². The molecule has 0 radical (unpaired) electrons. The Morgan fingerprint density at radius 1 is 1.19 bits per heavy atom. The molecule has 0 aromatic carbocycles. The fourth-order valence-electron chi connectivity index (χ4n) is 2.76. The van der Waals surface area contributed by atoms with Crippen LogP contribution in [0.5, 0.6) is 0 Å². The smallest absolute Gasteiger partial charge is 0.417 e. The van der Waals surface area contributed by atoms with Crippen LogP contribution in [-0.2, 0) is 6.18 Å². The first-order valence-electron chi connectivity index (χ1n) is 7.82. The molecule has 3 heterocycles. The van der Waals surface area contributed by atoms with Crippen LogP contribution in [0.15, 0.2) is 22.9 Å². The van der Waals surface area contributed by atoms with E-state index in [1.165, 1.54) is 6.20 Å². The average Bonchev–Trinajstić information content (AvgIpc) is 3.19. The topological polar surface area (TPSA) is 104 Å². The fourth-order valence-corrected chi connectivity index (χ4v) is 2.76. The highest BCUT2D eigenvalue weighted by atomic mass is 19.4. The first-order valence-corrected chi connectivity index (χ1v) is 7.82. The van der Waals surface area contributed by atoms with Crippen LogP contribution >= 0.6 is 0 Å². The van der Waals surface area contributed by atoms with Crippen LogP contribution < -0.4 is 0 Å². The van der Waals surface area contributed by atoms with Crippen LogP contribution in [0.25, 0.3) is 22.8 Å². The van der Waals surface area contributed by atoms with Gasteiger partial charge >= 0.3 is 6.18 Å². The van der Waals surface area contributed by atoms with Gasteiger partial charge in [-0.2, -0.15) is 28.7 Å². The molecule has 1 N–H and O–H groups in total. The molecule has 10 heteroatoms. The number of oxazole rings is 1. The summed E-state index contributed by atoms with van der Waals surface area (Å²) in [7, 11) is 0. The number of H-pyrrole nitrogens is 1. The molecule has 4 rings (SSSR count). The normalized spacial score (nSPS) is 14.8. The summed E-state index contributed by atoms with van der Waals surface area (Å²) in [4.78, 5) is 7.95. The van der Waals surface area contributed by atoms with Crippen molar-refractivity contribution in [3.05, 3.63) is 35.5 Å². The van der Waals surface area contributed by atoms with E-state index < -0.39 is 11.7 Å².